The summed E-state index contributed by atoms with van der Waals surface area (Å²) in [6.45, 7) is -0.383. The summed E-state index contributed by atoms with van der Waals surface area (Å²) in [5, 5.41) is 64.3. The van der Waals surface area contributed by atoms with Crippen molar-refractivity contribution in [3.05, 3.63) is 0 Å². The highest BCUT2D eigenvalue weighted by atomic mass is 32.2. The number of hydrogen-bond acceptors (Lipinski definition) is 7. The second-order valence-corrected chi connectivity index (χ2v) is 6.84. The minimum atomic E-state index is -2.11. The van der Waals surface area contributed by atoms with Crippen LogP contribution >= 0.6 is 0 Å². The maximum Gasteiger partial charge on any atom is 0.335 e. The number of rotatable bonds is 6. The summed E-state index contributed by atoms with van der Waals surface area (Å²) >= 11 is 0. The van der Waals surface area contributed by atoms with Crippen molar-refractivity contribution < 1.29 is 40.5 Å². The lowest BCUT2D eigenvalue weighted by atomic mass is 10.1. The molecule has 7 N–H and O–H groups in total. The Morgan fingerprint density at radius 2 is 1.84 bits per heavy atom. The molecule has 112 valence electrons. The third-order valence-corrected chi connectivity index (χ3v) is 5.95. The van der Waals surface area contributed by atoms with E-state index in [1.807, 2.05) is 0 Å². The van der Waals surface area contributed by atoms with E-state index in [1.165, 1.54) is 0 Å². The number of aliphatic carboxylic acids is 1. The molecule has 0 saturated carbocycles. The minimum absolute atomic E-state index is 0.106. The van der Waals surface area contributed by atoms with Crippen LogP contribution in [0.15, 0.2) is 0 Å². The Labute approximate surface area is 112 Å². The molecule has 8 nitrogen and oxygen atoms in total. The molecule has 1 unspecified atom stereocenters. The fourth-order valence-corrected chi connectivity index (χ4v) is 4.65. The van der Waals surface area contributed by atoms with E-state index in [2.05, 4.69) is 0 Å². The van der Waals surface area contributed by atoms with Crippen molar-refractivity contribution in [2.75, 3.05) is 18.1 Å². The van der Waals surface area contributed by atoms with E-state index in [1.54, 1.807) is 0 Å². The van der Waals surface area contributed by atoms with E-state index < -0.39 is 52.6 Å². The number of aliphatic hydroxyl groups excluding tert-OH is 6. The van der Waals surface area contributed by atoms with Crippen LogP contribution in [0.25, 0.3) is 0 Å². The molecular weight excluding hydrogens is 280 g/mol. The van der Waals surface area contributed by atoms with Crippen LogP contribution in [0.1, 0.15) is 0 Å². The molecular formula is C10H19O8S+. The Hall–Kier alpha value is -0.420. The number of carbonyl (C=O) groups is 1. The third-order valence-electron chi connectivity index (χ3n) is 3.12. The lowest BCUT2D eigenvalue weighted by Crippen LogP contribution is -2.46. The van der Waals surface area contributed by atoms with E-state index in [-0.39, 0.29) is 18.1 Å². The van der Waals surface area contributed by atoms with Crippen molar-refractivity contribution in [2.24, 2.45) is 0 Å². The molecule has 0 aromatic carbocycles. The highest BCUT2D eigenvalue weighted by Gasteiger charge is 2.51. The van der Waals surface area contributed by atoms with Gasteiger partial charge in [-0.2, -0.15) is 0 Å². The molecule has 1 rings (SSSR count). The van der Waals surface area contributed by atoms with E-state index >= 15 is 0 Å². The monoisotopic (exact) mass is 299 g/mol. The van der Waals surface area contributed by atoms with Gasteiger partial charge in [0.15, 0.2) is 11.4 Å². The molecule has 1 fully saturated rings. The van der Waals surface area contributed by atoms with Crippen molar-refractivity contribution in [2.45, 2.75) is 35.8 Å². The molecule has 1 heterocycles. The SMILES string of the molecule is O=C(O)[C@H](O)[C@H](O)[C@H](O)C[S+]1C[C@@H](O)[C@H](O)[C@H]1CO. The average molecular weight is 299 g/mol. The fraction of sp³-hybridized carbons (Fsp3) is 0.900. The van der Waals surface area contributed by atoms with Gasteiger partial charge in [-0.1, -0.05) is 0 Å². The van der Waals surface area contributed by atoms with Crippen molar-refractivity contribution in [1.29, 1.82) is 0 Å². The highest BCUT2D eigenvalue weighted by Crippen LogP contribution is 2.25. The smallest absolute Gasteiger partial charge is 0.335 e. The van der Waals surface area contributed by atoms with Gasteiger partial charge in [-0.15, -0.1) is 0 Å². The van der Waals surface area contributed by atoms with Crippen LogP contribution in [0.4, 0.5) is 0 Å². The number of carboxylic acids is 1. The first-order chi connectivity index (χ1) is 8.79. The van der Waals surface area contributed by atoms with Gasteiger partial charge in [0.2, 0.25) is 0 Å². The van der Waals surface area contributed by atoms with Crippen LogP contribution in [0, 0.1) is 0 Å². The van der Waals surface area contributed by atoms with Gasteiger partial charge in [0.25, 0.3) is 0 Å². The second kappa shape index (κ2) is 6.84. The Morgan fingerprint density at radius 1 is 1.26 bits per heavy atom. The maximum atomic E-state index is 10.5. The quantitative estimate of drug-likeness (QED) is 0.244. The molecule has 0 aliphatic carbocycles. The normalized spacial score (nSPS) is 35.9. The van der Waals surface area contributed by atoms with E-state index in [9.17, 15) is 25.2 Å². The van der Waals surface area contributed by atoms with Gasteiger partial charge < -0.3 is 35.7 Å². The molecule has 0 spiro atoms. The van der Waals surface area contributed by atoms with Gasteiger partial charge in [0, 0.05) is 10.9 Å². The molecule has 0 radical (unpaired) electrons. The van der Waals surface area contributed by atoms with E-state index in [0.717, 1.165) is 0 Å². The summed E-state index contributed by atoms with van der Waals surface area (Å²) in [5.74, 6) is -1.61. The van der Waals surface area contributed by atoms with Crippen molar-refractivity contribution in [3.8, 4) is 0 Å². The summed E-state index contributed by atoms with van der Waals surface area (Å²) < 4.78 is 0. The van der Waals surface area contributed by atoms with E-state index in [4.69, 9.17) is 15.3 Å². The third kappa shape index (κ3) is 3.78. The van der Waals surface area contributed by atoms with Crippen LogP contribution < -0.4 is 0 Å². The zero-order valence-corrected chi connectivity index (χ0v) is 10.8. The van der Waals surface area contributed by atoms with Gasteiger partial charge in [-0.3, -0.25) is 0 Å². The molecule has 0 amide bonds. The Morgan fingerprint density at radius 3 is 2.32 bits per heavy atom. The lowest BCUT2D eigenvalue weighted by Gasteiger charge is -2.20. The van der Waals surface area contributed by atoms with Crippen LogP contribution in [-0.4, -0.2) is 95.6 Å². The topological polar surface area (TPSA) is 159 Å². The first-order valence-electron chi connectivity index (χ1n) is 5.69. The Bertz CT molecular complexity index is 314. The molecule has 1 aliphatic heterocycles. The molecule has 1 saturated heterocycles. The van der Waals surface area contributed by atoms with Gasteiger partial charge in [-0.05, 0) is 0 Å². The van der Waals surface area contributed by atoms with Crippen LogP contribution in [0.5, 0.6) is 0 Å². The van der Waals surface area contributed by atoms with Crippen molar-refractivity contribution in [1.82, 2.24) is 0 Å². The van der Waals surface area contributed by atoms with Crippen LogP contribution in [0.2, 0.25) is 0 Å². The number of aliphatic hydroxyl groups is 6. The second-order valence-electron chi connectivity index (χ2n) is 4.49. The standard InChI is InChI=1S/C10H18O8S/c11-1-6-7(14)4(12)2-19(6)3-5(13)8(15)9(16)10(17)18/h4-9,11-16H,1-3H2/p+1/t4-,5-,6-,7+,8-,9-,19?/m1/s1. The van der Waals surface area contributed by atoms with E-state index in [0.29, 0.717) is 0 Å². The lowest BCUT2D eigenvalue weighted by molar-refractivity contribution is -0.157. The molecule has 19 heavy (non-hydrogen) atoms. The Kier molecular flexibility index (Phi) is 5.99. The van der Waals surface area contributed by atoms with Crippen molar-refractivity contribution in [3.63, 3.8) is 0 Å². The zero-order chi connectivity index (χ0) is 14.7. The predicted molar refractivity (Wildman–Crippen MR) is 65.6 cm³/mol. The maximum absolute atomic E-state index is 10.5. The minimum Gasteiger partial charge on any atom is -0.479 e. The summed E-state index contributed by atoms with van der Waals surface area (Å²) in [6, 6.07) is 0. The first kappa shape index (κ1) is 16.6. The van der Waals surface area contributed by atoms with Crippen LogP contribution in [0.3, 0.4) is 0 Å². The number of hydrogen-bond donors (Lipinski definition) is 7. The summed E-state index contributed by atoms with van der Waals surface area (Å²) in [7, 11) is -0.770. The molecule has 0 aromatic heterocycles. The predicted octanol–water partition coefficient (Wildman–Crippen LogP) is -4.13. The number of carboxylic acid groups (broad SMARTS) is 1. The molecule has 0 aromatic rings. The van der Waals surface area contributed by atoms with Crippen molar-refractivity contribution >= 4 is 16.9 Å². The average Bonchev–Trinajstić information content (AvgIpc) is 2.62. The molecule has 0 bridgehead atoms. The van der Waals surface area contributed by atoms with Gasteiger partial charge >= 0.3 is 5.97 Å². The fourth-order valence-electron chi connectivity index (χ4n) is 1.97. The first-order valence-corrected chi connectivity index (χ1v) is 7.32. The summed E-state index contributed by atoms with van der Waals surface area (Å²) in [4.78, 5) is 10.5. The zero-order valence-electron chi connectivity index (χ0n) is 10.0. The van der Waals surface area contributed by atoms with Crippen LogP contribution in [-0.2, 0) is 15.7 Å². The highest BCUT2D eigenvalue weighted by molar-refractivity contribution is 7.97. The van der Waals surface area contributed by atoms with Gasteiger partial charge in [-0.25, -0.2) is 4.79 Å². The molecule has 9 heteroatoms. The van der Waals surface area contributed by atoms with Gasteiger partial charge in [0.05, 0.1) is 6.61 Å². The molecule has 7 atom stereocenters. The molecule has 1 aliphatic rings. The summed E-state index contributed by atoms with van der Waals surface area (Å²) in [6.07, 6.45) is -7.61. The largest absolute Gasteiger partial charge is 0.479 e. The summed E-state index contributed by atoms with van der Waals surface area (Å²) in [5.41, 5.74) is 0. The Balaban J connectivity index is 2.61. The van der Waals surface area contributed by atoms with Gasteiger partial charge in [0.1, 0.15) is 35.9 Å².